The first-order valence-corrected chi connectivity index (χ1v) is 6.71. The van der Waals surface area contributed by atoms with Crippen molar-refractivity contribution in [1.29, 1.82) is 0 Å². The number of ketones is 1. The first-order chi connectivity index (χ1) is 8.18. The number of rotatable bonds is 1. The monoisotopic (exact) mass is 292 g/mol. The number of fused-ring (bicyclic) bond motifs is 1. The number of carbonyl (C=O) groups excluding carboxylic acids is 1. The van der Waals surface area contributed by atoms with Gasteiger partial charge in [-0.05, 0) is 58.0 Å². The van der Waals surface area contributed by atoms with Gasteiger partial charge in [-0.25, -0.2) is 0 Å². The number of benzene rings is 1. The molecule has 0 amide bonds. The van der Waals surface area contributed by atoms with Crippen molar-refractivity contribution in [3.05, 3.63) is 34.3 Å². The predicted molar refractivity (Wildman–Crippen MR) is 69.8 cm³/mol. The lowest BCUT2D eigenvalue weighted by Gasteiger charge is -2.13. The lowest BCUT2D eigenvalue weighted by atomic mass is 9.90. The predicted octanol–water partition coefficient (Wildman–Crippen LogP) is 3.50. The molecular weight excluding hydrogens is 280 g/mol. The maximum atomic E-state index is 12.1. The van der Waals surface area contributed by atoms with Crippen molar-refractivity contribution in [3.63, 3.8) is 0 Å². The van der Waals surface area contributed by atoms with Gasteiger partial charge in [-0.2, -0.15) is 0 Å². The Kier molecular flexibility index (Phi) is 2.58. The molecule has 0 aromatic heterocycles. The number of hydrogen-bond donors (Lipinski definition) is 1. The molecule has 3 rings (SSSR count). The molecule has 0 radical (unpaired) electrons. The third-order valence-electron chi connectivity index (χ3n) is 3.85. The normalized spacial score (nSPS) is 27.7. The number of phenols is 1. The van der Waals surface area contributed by atoms with Crippen LogP contribution < -0.4 is 0 Å². The largest absolute Gasteiger partial charge is 0.508 e. The van der Waals surface area contributed by atoms with Crippen LogP contribution in [-0.2, 0) is 4.79 Å². The van der Waals surface area contributed by atoms with Crippen molar-refractivity contribution in [2.45, 2.75) is 19.3 Å². The number of phenolic OH excluding ortho intramolecular Hbond substituents is 1. The van der Waals surface area contributed by atoms with E-state index in [9.17, 15) is 9.90 Å². The highest BCUT2D eigenvalue weighted by molar-refractivity contribution is 9.12. The average molecular weight is 293 g/mol. The molecule has 2 nitrogen and oxygen atoms in total. The second-order valence-corrected chi connectivity index (χ2v) is 5.58. The van der Waals surface area contributed by atoms with Crippen LogP contribution in [0.4, 0.5) is 0 Å². The lowest BCUT2D eigenvalue weighted by Crippen LogP contribution is -2.10. The molecule has 2 atom stereocenters. The fourth-order valence-electron chi connectivity index (χ4n) is 3.06. The van der Waals surface area contributed by atoms with Crippen LogP contribution in [0.1, 0.15) is 24.8 Å². The van der Waals surface area contributed by atoms with Gasteiger partial charge in [-0.15, -0.1) is 0 Å². The standard InChI is InChI=1S/C14H13BrO2/c15-13-12(8-4-6-9(16)7-5-8)10-2-1-3-11(10)14(13)17/h4-7,10-11,16H,1-3H2/t10-,11+/m1/s1. The maximum absolute atomic E-state index is 12.1. The number of Topliss-reactive ketones (excluding diaryl/α,β-unsaturated/α-hetero) is 1. The molecule has 2 aliphatic carbocycles. The highest BCUT2D eigenvalue weighted by atomic mass is 79.9. The molecule has 2 aliphatic rings. The van der Waals surface area contributed by atoms with E-state index < -0.39 is 0 Å². The summed E-state index contributed by atoms with van der Waals surface area (Å²) in [5.41, 5.74) is 2.19. The number of allylic oxidation sites excluding steroid dienone is 2. The molecule has 1 fully saturated rings. The molecule has 1 aromatic carbocycles. The molecule has 3 heteroatoms. The average Bonchev–Trinajstić information content (AvgIpc) is 2.87. The molecule has 88 valence electrons. The van der Waals surface area contributed by atoms with Gasteiger partial charge in [-0.1, -0.05) is 18.6 Å². The van der Waals surface area contributed by atoms with Crippen LogP contribution in [0.2, 0.25) is 0 Å². The molecule has 0 spiro atoms. The Morgan fingerprint density at radius 1 is 1.12 bits per heavy atom. The molecule has 0 unspecified atom stereocenters. The Labute approximate surface area is 108 Å². The zero-order valence-corrected chi connectivity index (χ0v) is 10.9. The summed E-state index contributed by atoms with van der Waals surface area (Å²) in [6, 6.07) is 7.13. The Morgan fingerprint density at radius 2 is 1.76 bits per heavy atom. The van der Waals surface area contributed by atoms with E-state index in [2.05, 4.69) is 15.9 Å². The second-order valence-electron chi connectivity index (χ2n) is 4.78. The zero-order valence-electron chi connectivity index (χ0n) is 9.32. The van der Waals surface area contributed by atoms with E-state index in [0.29, 0.717) is 5.92 Å². The van der Waals surface area contributed by atoms with Crippen LogP contribution in [0.25, 0.3) is 5.57 Å². The van der Waals surface area contributed by atoms with Crippen molar-refractivity contribution in [2.24, 2.45) is 11.8 Å². The quantitative estimate of drug-likeness (QED) is 0.860. The molecule has 1 N–H and O–H groups in total. The van der Waals surface area contributed by atoms with E-state index >= 15 is 0 Å². The molecule has 0 bridgehead atoms. The van der Waals surface area contributed by atoms with Crippen LogP contribution in [0, 0.1) is 11.8 Å². The van der Waals surface area contributed by atoms with Crippen molar-refractivity contribution >= 4 is 27.3 Å². The van der Waals surface area contributed by atoms with Gasteiger partial charge >= 0.3 is 0 Å². The summed E-state index contributed by atoms with van der Waals surface area (Å²) in [6.45, 7) is 0. The number of hydrogen-bond acceptors (Lipinski definition) is 2. The van der Waals surface area contributed by atoms with Gasteiger partial charge in [0.1, 0.15) is 5.75 Å². The number of halogens is 1. The minimum Gasteiger partial charge on any atom is -0.508 e. The molecular formula is C14H13BrO2. The Bertz CT molecular complexity index is 501. The van der Waals surface area contributed by atoms with E-state index in [-0.39, 0.29) is 17.5 Å². The lowest BCUT2D eigenvalue weighted by molar-refractivity contribution is -0.118. The van der Waals surface area contributed by atoms with Crippen molar-refractivity contribution in [3.8, 4) is 5.75 Å². The molecule has 0 heterocycles. The van der Waals surface area contributed by atoms with Gasteiger partial charge in [0.05, 0.1) is 4.48 Å². The van der Waals surface area contributed by atoms with E-state index in [1.165, 1.54) is 0 Å². The van der Waals surface area contributed by atoms with Gasteiger partial charge in [0.2, 0.25) is 0 Å². The van der Waals surface area contributed by atoms with Crippen LogP contribution in [0.5, 0.6) is 5.75 Å². The minimum absolute atomic E-state index is 0.188. The molecule has 17 heavy (non-hydrogen) atoms. The fraction of sp³-hybridized carbons (Fsp3) is 0.357. The van der Waals surface area contributed by atoms with Crippen molar-refractivity contribution in [1.82, 2.24) is 0 Å². The third-order valence-corrected chi connectivity index (χ3v) is 4.67. The SMILES string of the molecule is O=C1C(Br)=C(c2ccc(O)cc2)[C@@H]2CCC[C@H]12. The van der Waals surface area contributed by atoms with Crippen LogP contribution in [0.3, 0.4) is 0 Å². The zero-order chi connectivity index (χ0) is 12.0. The van der Waals surface area contributed by atoms with Gasteiger partial charge < -0.3 is 5.11 Å². The number of carbonyl (C=O) groups is 1. The van der Waals surface area contributed by atoms with E-state index in [1.54, 1.807) is 12.1 Å². The fourth-order valence-corrected chi connectivity index (χ4v) is 3.88. The summed E-state index contributed by atoms with van der Waals surface area (Å²) in [4.78, 5) is 12.1. The van der Waals surface area contributed by atoms with Crippen LogP contribution >= 0.6 is 15.9 Å². The van der Waals surface area contributed by atoms with Crippen molar-refractivity contribution in [2.75, 3.05) is 0 Å². The van der Waals surface area contributed by atoms with Gasteiger partial charge in [0, 0.05) is 5.92 Å². The van der Waals surface area contributed by atoms with Gasteiger partial charge in [0.15, 0.2) is 5.78 Å². The van der Waals surface area contributed by atoms with E-state index in [4.69, 9.17) is 0 Å². The summed E-state index contributed by atoms with van der Waals surface area (Å²) < 4.78 is 0.748. The van der Waals surface area contributed by atoms with Crippen LogP contribution in [-0.4, -0.2) is 10.9 Å². The summed E-state index contributed by atoms with van der Waals surface area (Å²) in [5.74, 6) is 1.09. The van der Waals surface area contributed by atoms with Gasteiger partial charge in [-0.3, -0.25) is 4.79 Å². The maximum Gasteiger partial charge on any atom is 0.173 e. The van der Waals surface area contributed by atoms with Crippen LogP contribution in [0.15, 0.2) is 28.7 Å². The smallest absolute Gasteiger partial charge is 0.173 e. The highest BCUT2D eigenvalue weighted by Crippen LogP contribution is 2.51. The molecule has 0 saturated heterocycles. The van der Waals surface area contributed by atoms with E-state index in [1.807, 2.05) is 12.1 Å². The number of aromatic hydroxyl groups is 1. The first-order valence-electron chi connectivity index (χ1n) is 5.92. The molecule has 0 aliphatic heterocycles. The minimum atomic E-state index is 0.188. The Balaban J connectivity index is 2.07. The van der Waals surface area contributed by atoms with Crippen molar-refractivity contribution < 1.29 is 9.90 Å². The molecule has 1 saturated carbocycles. The third kappa shape index (κ3) is 1.64. The summed E-state index contributed by atoms with van der Waals surface area (Å²) >= 11 is 3.45. The second kappa shape index (κ2) is 3.98. The first kappa shape index (κ1) is 11.0. The summed E-state index contributed by atoms with van der Waals surface area (Å²) in [5, 5.41) is 9.31. The summed E-state index contributed by atoms with van der Waals surface area (Å²) in [7, 11) is 0. The Hall–Kier alpha value is -1.09. The van der Waals surface area contributed by atoms with E-state index in [0.717, 1.165) is 34.9 Å². The Morgan fingerprint density at radius 3 is 2.47 bits per heavy atom. The highest BCUT2D eigenvalue weighted by Gasteiger charge is 2.43. The van der Waals surface area contributed by atoms with Gasteiger partial charge in [0.25, 0.3) is 0 Å². The molecule has 1 aromatic rings. The summed E-state index contributed by atoms with van der Waals surface area (Å²) in [6.07, 6.45) is 3.25. The topological polar surface area (TPSA) is 37.3 Å².